The Morgan fingerprint density at radius 2 is 1.53 bits per heavy atom. The van der Waals surface area contributed by atoms with Gasteiger partial charge in [-0.2, -0.15) is 0 Å². The second kappa shape index (κ2) is 10.7. The van der Waals surface area contributed by atoms with Crippen LogP contribution in [0.4, 0.5) is 5.13 Å². The average Bonchev–Trinajstić information content (AvgIpc) is 3.64. The van der Waals surface area contributed by atoms with Crippen LogP contribution in [0.1, 0.15) is 75.5 Å². The van der Waals surface area contributed by atoms with E-state index in [1.165, 1.54) is 22.7 Å². The number of Topliss-reactive ketones (excluding diaryl/α,β-unsaturated/α-hetero) is 1. The van der Waals surface area contributed by atoms with Crippen molar-refractivity contribution < 1.29 is 18.6 Å². The smallest absolute Gasteiger partial charge is 0.233 e. The SMILES string of the molecule is Cc1cc(CC(=O)Cc2nnc([C@@H]3CCC[C@@H](c4nnc(NC(=O)Cc5cc(C)no5)s4)C3)s2)on1. The third-order valence-electron chi connectivity index (χ3n) is 5.95. The zero-order valence-corrected chi connectivity index (χ0v) is 21.5. The Bertz CT molecular complexity index is 1260. The van der Waals surface area contributed by atoms with E-state index in [2.05, 4.69) is 36.0 Å². The number of ketones is 1. The summed E-state index contributed by atoms with van der Waals surface area (Å²) >= 11 is 2.91. The van der Waals surface area contributed by atoms with Crippen molar-refractivity contribution in [3.63, 3.8) is 0 Å². The predicted octanol–water partition coefficient (Wildman–Crippen LogP) is 3.96. The van der Waals surface area contributed by atoms with Crippen LogP contribution in [0.5, 0.6) is 0 Å². The molecule has 4 aromatic rings. The molecule has 0 bridgehead atoms. The standard InChI is InChI=1S/C23H25N7O4S2/c1-12-6-17(33-29-12)9-16(31)10-20-25-26-21(35-20)14-4-3-5-15(8-14)22-27-28-23(36-22)24-19(32)11-18-7-13(2)30-34-18/h6-7,14-15H,3-5,8-11H2,1-2H3,(H,24,28,32)/t14-,15-/m1/s1. The summed E-state index contributed by atoms with van der Waals surface area (Å²) in [5.74, 6) is 1.39. The molecule has 4 aromatic heterocycles. The average molecular weight is 528 g/mol. The van der Waals surface area contributed by atoms with Crippen LogP contribution in [-0.4, -0.2) is 42.4 Å². The topological polar surface area (TPSA) is 150 Å². The number of hydrogen-bond acceptors (Lipinski definition) is 12. The number of aryl methyl sites for hydroxylation is 2. The summed E-state index contributed by atoms with van der Waals surface area (Å²) in [6, 6.07) is 3.51. The second-order valence-corrected chi connectivity index (χ2v) is 11.1. The largest absolute Gasteiger partial charge is 0.361 e. The lowest BCUT2D eigenvalue weighted by molar-refractivity contribution is -0.118. The minimum Gasteiger partial charge on any atom is -0.361 e. The van der Waals surface area contributed by atoms with E-state index in [9.17, 15) is 9.59 Å². The van der Waals surface area contributed by atoms with Crippen LogP contribution in [0.3, 0.4) is 0 Å². The van der Waals surface area contributed by atoms with Crippen LogP contribution in [0.2, 0.25) is 0 Å². The lowest BCUT2D eigenvalue weighted by atomic mass is 9.82. The van der Waals surface area contributed by atoms with Crippen LogP contribution in [0.25, 0.3) is 0 Å². The summed E-state index contributed by atoms with van der Waals surface area (Å²) in [6.07, 6.45) is 4.50. The number of nitrogens with one attached hydrogen (secondary N) is 1. The van der Waals surface area contributed by atoms with Gasteiger partial charge >= 0.3 is 0 Å². The summed E-state index contributed by atoms with van der Waals surface area (Å²) in [4.78, 5) is 24.7. The number of nitrogens with zero attached hydrogens (tertiary/aromatic N) is 6. The minimum absolute atomic E-state index is 0.0252. The fraction of sp³-hybridized carbons (Fsp3) is 0.478. The molecular weight excluding hydrogens is 502 g/mol. The molecule has 0 unspecified atom stereocenters. The van der Waals surface area contributed by atoms with Gasteiger partial charge in [-0.15, -0.1) is 31.7 Å². The van der Waals surface area contributed by atoms with Crippen LogP contribution < -0.4 is 5.32 Å². The molecule has 1 saturated carbocycles. The number of anilines is 1. The zero-order chi connectivity index (χ0) is 25.1. The summed E-state index contributed by atoms with van der Waals surface area (Å²) in [7, 11) is 0. The van der Waals surface area contributed by atoms with Crippen molar-refractivity contribution in [2.75, 3.05) is 5.32 Å². The molecule has 2 atom stereocenters. The third kappa shape index (κ3) is 6.08. The Labute approximate surface area is 214 Å². The third-order valence-corrected chi connectivity index (χ3v) is 8.04. The van der Waals surface area contributed by atoms with Gasteiger partial charge in [0.1, 0.15) is 32.3 Å². The Morgan fingerprint density at radius 1 is 0.889 bits per heavy atom. The molecule has 1 aliphatic rings. The van der Waals surface area contributed by atoms with Gasteiger partial charge in [0.25, 0.3) is 0 Å². The van der Waals surface area contributed by atoms with Crippen molar-refractivity contribution in [1.29, 1.82) is 0 Å². The zero-order valence-electron chi connectivity index (χ0n) is 19.9. The molecule has 36 heavy (non-hydrogen) atoms. The van der Waals surface area contributed by atoms with Crippen molar-refractivity contribution in [3.05, 3.63) is 50.1 Å². The molecule has 4 heterocycles. The van der Waals surface area contributed by atoms with Crippen molar-refractivity contribution in [1.82, 2.24) is 30.7 Å². The minimum atomic E-state index is -0.218. The summed E-state index contributed by atoms with van der Waals surface area (Å²) in [5, 5.41) is 30.6. The highest BCUT2D eigenvalue weighted by atomic mass is 32.1. The Morgan fingerprint density at radius 3 is 2.19 bits per heavy atom. The fourth-order valence-corrected chi connectivity index (χ4v) is 6.26. The summed E-state index contributed by atoms with van der Waals surface area (Å²) < 4.78 is 10.2. The first-order valence-electron chi connectivity index (χ1n) is 11.7. The normalized spacial score (nSPS) is 17.8. The number of carbonyl (C=O) groups is 2. The van der Waals surface area contributed by atoms with Crippen molar-refractivity contribution in [2.45, 2.75) is 70.6 Å². The van der Waals surface area contributed by atoms with Crippen LogP contribution in [-0.2, 0) is 28.9 Å². The van der Waals surface area contributed by atoms with Gasteiger partial charge in [-0.05, 0) is 33.1 Å². The Balaban J connectivity index is 1.15. The molecule has 0 radical (unpaired) electrons. The van der Waals surface area contributed by atoms with Gasteiger partial charge < -0.3 is 14.4 Å². The molecule has 0 aliphatic heterocycles. The molecule has 0 saturated heterocycles. The van der Waals surface area contributed by atoms with E-state index < -0.39 is 0 Å². The van der Waals surface area contributed by atoms with E-state index in [1.807, 2.05) is 13.8 Å². The van der Waals surface area contributed by atoms with Gasteiger partial charge in [0.2, 0.25) is 11.0 Å². The van der Waals surface area contributed by atoms with Gasteiger partial charge in [0.05, 0.1) is 30.7 Å². The first-order chi connectivity index (χ1) is 17.4. The number of hydrogen-bond donors (Lipinski definition) is 1. The van der Waals surface area contributed by atoms with E-state index in [0.717, 1.165) is 52.1 Å². The van der Waals surface area contributed by atoms with Gasteiger partial charge in [-0.25, -0.2) is 0 Å². The molecule has 5 rings (SSSR count). The van der Waals surface area contributed by atoms with Gasteiger partial charge in [0, 0.05) is 24.0 Å². The quantitative estimate of drug-likeness (QED) is 0.339. The Hall–Kier alpha value is -3.32. The second-order valence-electron chi connectivity index (χ2n) is 9.03. The lowest BCUT2D eigenvalue weighted by Crippen LogP contribution is -2.13. The number of aromatic nitrogens is 6. The van der Waals surface area contributed by atoms with Gasteiger partial charge in [-0.3, -0.25) is 9.59 Å². The molecule has 188 valence electrons. The highest BCUT2D eigenvalue weighted by Gasteiger charge is 2.29. The molecule has 0 aromatic carbocycles. The fourth-order valence-electron chi connectivity index (χ4n) is 4.34. The molecule has 1 fully saturated rings. The van der Waals surface area contributed by atoms with E-state index in [-0.39, 0.29) is 42.8 Å². The van der Waals surface area contributed by atoms with Gasteiger partial charge in [-0.1, -0.05) is 28.1 Å². The van der Waals surface area contributed by atoms with Crippen LogP contribution in [0, 0.1) is 13.8 Å². The monoisotopic (exact) mass is 527 g/mol. The molecular formula is C23H25N7O4S2. The van der Waals surface area contributed by atoms with Crippen molar-refractivity contribution in [2.24, 2.45) is 0 Å². The van der Waals surface area contributed by atoms with Crippen LogP contribution in [0.15, 0.2) is 21.2 Å². The summed E-state index contributed by atoms with van der Waals surface area (Å²) in [5.41, 5.74) is 1.49. The molecule has 1 aliphatic carbocycles. The predicted molar refractivity (Wildman–Crippen MR) is 131 cm³/mol. The van der Waals surface area contributed by atoms with E-state index in [4.69, 9.17) is 9.05 Å². The molecule has 1 N–H and O–H groups in total. The van der Waals surface area contributed by atoms with E-state index >= 15 is 0 Å². The summed E-state index contributed by atoms with van der Waals surface area (Å²) in [6.45, 7) is 3.63. The van der Waals surface area contributed by atoms with Crippen molar-refractivity contribution in [3.8, 4) is 0 Å². The van der Waals surface area contributed by atoms with Crippen LogP contribution >= 0.6 is 22.7 Å². The maximum Gasteiger partial charge on any atom is 0.233 e. The number of carbonyl (C=O) groups excluding carboxylic acids is 2. The first kappa shape index (κ1) is 24.4. The highest BCUT2D eigenvalue weighted by molar-refractivity contribution is 7.15. The van der Waals surface area contributed by atoms with Crippen molar-refractivity contribution >= 4 is 39.5 Å². The number of amides is 1. The molecule has 0 spiro atoms. The Kier molecular flexibility index (Phi) is 7.28. The molecule has 11 nitrogen and oxygen atoms in total. The molecule has 1 amide bonds. The van der Waals surface area contributed by atoms with E-state index in [1.54, 1.807) is 12.1 Å². The highest BCUT2D eigenvalue weighted by Crippen LogP contribution is 2.43. The van der Waals surface area contributed by atoms with E-state index in [0.29, 0.717) is 16.7 Å². The lowest BCUT2D eigenvalue weighted by Gasteiger charge is -2.25. The maximum atomic E-state index is 12.4. The number of rotatable bonds is 9. The van der Waals surface area contributed by atoms with Gasteiger partial charge in [0.15, 0.2) is 0 Å². The maximum absolute atomic E-state index is 12.4. The molecule has 13 heteroatoms. The first-order valence-corrected chi connectivity index (χ1v) is 13.4.